The molecule has 0 amide bonds. The van der Waals surface area contributed by atoms with Crippen molar-refractivity contribution in [2.75, 3.05) is 6.61 Å². The first-order valence-corrected chi connectivity index (χ1v) is 5.70. The molecule has 6 heteroatoms. The Balaban J connectivity index is 0.00000324. The Bertz CT molecular complexity index is 494. The quantitative estimate of drug-likeness (QED) is 0.222. The largest absolute Gasteiger partial charge is 1.00 e. The SMILES string of the molecule is CCOC(=O)C(=O)C(C)=C([O-])c1ccc(Cl)cc1.[Li+]. The first kappa shape index (κ1) is 17.8. The van der Waals surface area contributed by atoms with Crippen LogP contribution in [0.25, 0.3) is 5.76 Å². The van der Waals surface area contributed by atoms with Crippen LogP contribution in [0.15, 0.2) is 29.8 Å². The Morgan fingerprint density at radius 2 is 1.79 bits per heavy atom. The number of carbonyl (C=O) groups excluding carboxylic acids is 2. The smallest absolute Gasteiger partial charge is 0.872 e. The van der Waals surface area contributed by atoms with E-state index in [0.29, 0.717) is 10.6 Å². The van der Waals surface area contributed by atoms with E-state index in [1.54, 1.807) is 6.92 Å². The first-order valence-electron chi connectivity index (χ1n) is 5.32. The zero-order chi connectivity index (χ0) is 13.7. The first-order chi connectivity index (χ1) is 8.47. The molecule has 0 aliphatic carbocycles. The van der Waals surface area contributed by atoms with Crippen LogP contribution >= 0.6 is 11.6 Å². The molecule has 0 fully saturated rings. The molecule has 4 nitrogen and oxygen atoms in total. The molecule has 0 saturated carbocycles. The molecule has 0 saturated heterocycles. The van der Waals surface area contributed by atoms with Crippen LogP contribution < -0.4 is 24.0 Å². The standard InChI is InChI=1S/C13H13ClO4.Li/c1-3-18-13(17)12(16)8(2)11(15)9-4-6-10(14)7-5-9;/h4-7,15H,3H2,1-2H3;/q;+1/p-1. The zero-order valence-corrected chi connectivity index (χ0v) is 11.8. The van der Waals surface area contributed by atoms with Crippen molar-refractivity contribution in [1.29, 1.82) is 0 Å². The number of hydrogen-bond acceptors (Lipinski definition) is 4. The van der Waals surface area contributed by atoms with Crippen LogP contribution in [0.1, 0.15) is 19.4 Å². The molecule has 0 bridgehead atoms. The van der Waals surface area contributed by atoms with Gasteiger partial charge in [-0.15, -0.1) is 0 Å². The van der Waals surface area contributed by atoms with Gasteiger partial charge in [0.15, 0.2) is 0 Å². The Hall–Kier alpha value is -1.21. The fraction of sp³-hybridized carbons (Fsp3) is 0.231. The Morgan fingerprint density at radius 1 is 1.26 bits per heavy atom. The molecule has 0 aliphatic heterocycles. The van der Waals surface area contributed by atoms with Gasteiger partial charge in [-0.25, -0.2) is 4.79 Å². The number of halogens is 1. The van der Waals surface area contributed by atoms with Crippen LogP contribution in [-0.2, 0) is 14.3 Å². The van der Waals surface area contributed by atoms with Crippen molar-refractivity contribution in [1.82, 2.24) is 0 Å². The fourth-order valence-corrected chi connectivity index (χ4v) is 1.40. The molecule has 1 aromatic rings. The Morgan fingerprint density at radius 3 is 2.26 bits per heavy atom. The molecule has 0 unspecified atom stereocenters. The van der Waals surface area contributed by atoms with Crippen molar-refractivity contribution in [2.24, 2.45) is 0 Å². The van der Waals surface area contributed by atoms with Gasteiger partial charge in [-0.05, 0) is 37.1 Å². The summed E-state index contributed by atoms with van der Waals surface area (Å²) in [5.74, 6) is -2.45. The van der Waals surface area contributed by atoms with Crippen LogP contribution in [0, 0.1) is 0 Å². The molecule has 0 aromatic heterocycles. The summed E-state index contributed by atoms with van der Waals surface area (Å²) >= 11 is 5.69. The number of ketones is 1. The number of esters is 1. The van der Waals surface area contributed by atoms with Crippen molar-refractivity contribution in [2.45, 2.75) is 13.8 Å². The molecule has 0 aliphatic rings. The maximum absolute atomic E-state index is 11.9. The minimum atomic E-state index is -1.02. The topological polar surface area (TPSA) is 66.4 Å². The average Bonchev–Trinajstić information content (AvgIpc) is 2.37. The molecular formula is C13H12ClLiO4. The third kappa shape index (κ3) is 4.75. The third-order valence-electron chi connectivity index (χ3n) is 2.25. The van der Waals surface area contributed by atoms with Gasteiger partial charge in [-0.3, -0.25) is 4.79 Å². The maximum atomic E-state index is 11.9. The number of benzene rings is 1. The number of ether oxygens (including phenoxy) is 1. The van der Waals surface area contributed by atoms with E-state index in [1.807, 2.05) is 0 Å². The molecule has 0 atom stereocenters. The summed E-state index contributed by atoms with van der Waals surface area (Å²) < 4.78 is 4.55. The van der Waals surface area contributed by atoms with Crippen molar-refractivity contribution < 1.29 is 38.3 Å². The zero-order valence-electron chi connectivity index (χ0n) is 11.0. The number of Topliss-reactive ketones (excluding diaryl/α,β-unsaturated/α-hetero) is 1. The van der Waals surface area contributed by atoms with E-state index in [-0.39, 0.29) is 31.0 Å². The second-order valence-electron chi connectivity index (χ2n) is 3.51. The van der Waals surface area contributed by atoms with Crippen molar-refractivity contribution in [3.8, 4) is 0 Å². The summed E-state index contributed by atoms with van der Waals surface area (Å²) in [5.41, 5.74) is 0.130. The van der Waals surface area contributed by atoms with E-state index in [0.717, 1.165) is 0 Å². The predicted molar refractivity (Wildman–Crippen MR) is 65.7 cm³/mol. The van der Waals surface area contributed by atoms with Gasteiger partial charge < -0.3 is 9.84 Å². The second kappa shape index (κ2) is 8.06. The molecule has 0 spiro atoms. The summed E-state index contributed by atoms with van der Waals surface area (Å²) in [6.07, 6.45) is 0. The van der Waals surface area contributed by atoms with Crippen LogP contribution in [0.4, 0.5) is 0 Å². The summed E-state index contributed by atoms with van der Waals surface area (Å²) in [7, 11) is 0. The van der Waals surface area contributed by atoms with Crippen LogP contribution in [0.2, 0.25) is 5.02 Å². The van der Waals surface area contributed by atoms with Crippen molar-refractivity contribution in [3.05, 3.63) is 40.4 Å². The molecule has 19 heavy (non-hydrogen) atoms. The van der Waals surface area contributed by atoms with E-state index in [1.165, 1.54) is 31.2 Å². The van der Waals surface area contributed by atoms with Gasteiger partial charge in [-0.1, -0.05) is 29.5 Å². The van der Waals surface area contributed by atoms with Gasteiger partial charge in [0, 0.05) is 5.02 Å². The molecular weight excluding hydrogens is 263 g/mol. The molecule has 1 rings (SSSR count). The number of hydrogen-bond donors (Lipinski definition) is 0. The predicted octanol–water partition coefficient (Wildman–Crippen LogP) is -1.43. The van der Waals surface area contributed by atoms with Gasteiger partial charge in [0.25, 0.3) is 5.78 Å². The van der Waals surface area contributed by atoms with Crippen LogP contribution in [-0.4, -0.2) is 18.4 Å². The van der Waals surface area contributed by atoms with Gasteiger partial charge in [0.2, 0.25) is 0 Å². The molecule has 96 valence electrons. The molecule has 1 aromatic carbocycles. The van der Waals surface area contributed by atoms with E-state index in [9.17, 15) is 14.7 Å². The van der Waals surface area contributed by atoms with E-state index in [4.69, 9.17) is 11.6 Å². The van der Waals surface area contributed by atoms with Crippen molar-refractivity contribution in [3.63, 3.8) is 0 Å². The Labute approximate surface area is 128 Å². The normalized spacial score (nSPS) is 11.1. The van der Waals surface area contributed by atoms with Gasteiger partial charge in [-0.2, -0.15) is 0 Å². The summed E-state index contributed by atoms with van der Waals surface area (Å²) in [5, 5.41) is 12.4. The van der Waals surface area contributed by atoms with Crippen LogP contribution in [0.5, 0.6) is 0 Å². The maximum Gasteiger partial charge on any atom is 1.00 e. The van der Waals surface area contributed by atoms with Gasteiger partial charge in [0.1, 0.15) is 0 Å². The molecule has 0 N–H and O–H groups in total. The minimum absolute atomic E-state index is 0. The van der Waals surface area contributed by atoms with Crippen molar-refractivity contribution >= 4 is 29.1 Å². The Kier molecular flexibility index (Phi) is 7.54. The van der Waals surface area contributed by atoms with E-state index >= 15 is 0 Å². The summed E-state index contributed by atoms with van der Waals surface area (Å²) in [6.45, 7) is 2.98. The summed E-state index contributed by atoms with van der Waals surface area (Å²) in [4.78, 5) is 22.8. The molecule has 0 radical (unpaired) electrons. The number of rotatable bonds is 4. The monoisotopic (exact) mass is 274 g/mol. The summed E-state index contributed by atoms with van der Waals surface area (Å²) in [6, 6.07) is 6.06. The third-order valence-corrected chi connectivity index (χ3v) is 2.50. The second-order valence-corrected chi connectivity index (χ2v) is 3.95. The molecule has 0 heterocycles. The number of carbonyl (C=O) groups is 2. The fourth-order valence-electron chi connectivity index (χ4n) is 1.27. The van der Waals surface area contributed by atoms with Crippen LogP contribution in [0.3, 0.4) is 0 Å². The van der Waals surface area contributed by atoms with E-state index in [2.05, 4.69) is 4.74 Å². The minimum Gasteiger partial charge on any atom is -0.872 e. The average molecular weight is 275 g/mol. The van der Waals surface area contributed by atoms with Gasteiger partial charge in [0.05, 0.1) is 6.61 Å². The van der Waals surface area contributed by atoms with E-state index < -0.39 is 17.5 Å². The van der Waals surface area contributed by atoms with Gasteiger partial charge >= 0.3 is 24.8 Å².